The molecule has 1 aliphatic heterocycles. The summed E-state index contributed by atoms with van der Waals surface area (Å²) in [7, 11) is -3.41. The maximum atomic E-state index is 12.8. The second kappa shape index (κ2) is 6.34. The van der Waals surface area contributed by atoms with E-state index in [0.29, 0.717) is 18.0 Å². The van der Waals surface area contributed by atoms with Crippen LogP contribution in [0.2, 0.25) is 0 Å². The van der Waals surface area contributed by atoms with Crippen LogP contribution in [0.4, 0.5) is 5.69 Å². The molecule has 1 aliphatic rings. The number of nitrogens with one attached hydrogen (secondary N) is 1. The summed E-state index contributed by atoms with van der Waals surface area (Å²) in [5.41, 5.74) is 3.14. The van der Waals surface area contributed by atoms with Gasteiger partial charge >= 0.3 is 0 Å². The topological polar surface area (TPSA) is 49.4 Å². The highest BCUT2D eigenvalue weighted by atomic mass is 32.2. The van der Waals surface area contributed by atoms with Gasteiger partial charge in [0.1, 0.15) is 0 Å². The van der Waals surface area contributed by atoms with E-state index in [4.69, 9.17) is 0 Å². The van der Waals surface area contributed by atoms with Crippen LogP contribution in [0, 0.1) is 13.8 Å². The van der Waals surface area contributed by atoms with Gasteiger partial charge in [-0.25, -0.2) is 8.42 Å². The van der Waals surface area contributed by atoms with Gasteiger partial charge in [0.2, 0.25) is 10.0 Å². The van der Waals surface area contributed by atoms with Crippen LogP contribution in [-0.2, 0) is 10.0 Å². The predicted octanol–water partition coefficient (Wildman–Crippen LogP) is 3.18. The van der Waals surface area contributed by atoms with E-state index < -0.39 is 10.0 Å². The first-order chi connectivity index (χ1) is 11.0. The maximum absolute atomic E-state index is 12.8. The van der Waals surface area contributed by atoms with Gasteiger partial charge in [-0.2, -0.15) is 4.31 Å². The summed E-state index contributed by atoms with van der Waals surface area (Å²) >= 11 is 0. The van der Waals surface area contributed by atoms with E-state index in [1.165, 1.54) is 0 Å². The van der Waals surface area contributed by atoms with Crippen molar-refractivity contribution in [3.05, 3.63) is 59.7 Å². The number of benzene rings is 2. The normalized spacial score (nSPS) is 19.0. The van der Waals surface area contributed by atoms with Gasteiger partial charge in [-0.1, -0.05) is 24.3 Å². The van der Waals surface area contributed by atoms with Crippen molar-refractivity contribution in [2.75, 3.05) is 18.4 Å². The fourth-order valence-corrected chi connectivity index (χ4v) is 4.44. The van der Waals surface area contributed by atoms with Crippen molar-refractivity contribution in [1.29, 1.82) is 0 Å². The lowest BCUT2D eigenvalue weighted by Gasteiger charge is -2.18. The number of nitrogens with zero attached hydrogens (tertiary/aromatic N) is 1. The first-order valence-corrected chi connectivity index (χ1v) is 9.30. The monoisotopic (exact) mass is 330 g/mol. The average Bonchev–Trinajstić information content (AvgIpc) is 3.00. The molecule has 0 amide bonds. The van der Waals surface area contributed by atoms with E-state index in [9.17, 15) is 8.42 Å². The van der Waals surface area contributed by atoms with Gasteiger partial charge in [0, 0.05) is 24.8 Å². The summed E-state index contributed by atoms with van der Waals surface area (Å²) in [5.74, 6) is 0. The summed E-state index contributed by atoms with van der Waals surface area (Å²) in [6, 6.07) is 15.4. The van der Waals surface area contributed by atoms with Crippen molar-refractivity contribution >= 4 is 15.7 Å². The third-order valence-corrected chi connectivity index (χ3v) is 6.27. The first kappa shape index (κ1) is 16.0. The molecule has 23 heavy (non-hydrogen) atoms. The van der Waals surface area contributed by atoms with Crippen molar-refractivity contribution < 1.29 is 8.42 Å². The third-order valence-electron chi connectivity index (χ3n) is 4.41. The maximum Gasteiger partial charge on any atom is 0.243 e. The minimum Gasteiger partial charge on any atom is -0.381 e. The number of sulfonamides is 1. The zero-order valence-electron chi connectivity index (χ0n) is 13.5. The molecule has 3 rings (SSSR count). The van der Waals surface area contributed by atoms with Crippen molar-refractivity contribution in [3.8, 4) is 0 Å². The minimum atomic E-state index is -3.41. The molecule has 1 atom stereocenters. The molecule has 0 aliphatic carbocycles. The van der Waals surface area contributed by atoms with Crippen molar-refractivity contribution in [1.82, 2.24) is 4.31 Å². The van der Waals surface area contributed by atoms with E-state index in [0.717, 1.165) is 23.2 Å². The van der Waals surface area contributed by atoms with Crippen LogP contribution in [0.15, 0.2) is 53.4 Å². The van der Waals surface area contributed by atoms with Gasteiger partial charge in [0.25, 0.3) is 0 Å². The van der Waals surface area contributed by atoms with Crippen LogP contribution in [0.1, 0.15) is 17.5 Å². The lowest BCUT2D eigenvalue weighted by molar-refractivity contribution is 0.474. The van der Waals surface area contributed by atoms with Gasteiger partial charge in [-0.15, -0.1) is 0 Å². The molecule has 122 valence electrons. The molecule has 1 heterocycles. The molecule has 0 aromatic heterocycles. The molecule has 2 aromatic carbocycles. The molecule has 0 radical (unpaired) electrons. The van der Waals surface area contributed by atoms with Crippen LogP contribution in [0.5, 0.6) is 0 Å². The Balaban J connectivity index is 1.73. The molecule has 2 aromatic rings. The minimum absolute atomic E-state index is 0.152. The third kappa shape index (κ3) is 3.41. The van der Waals surface area contributed by atoms with E-state index in [-0.39, 0.29) is 6.04 Å². The highest BCUT2D eigenvalue weighted by Gasteiger charge is 2.32. The zero-order chi connectivity index (χ0) is 16.4. The smallest absolute Gasteiger partial charge is 0.243 e. The van der Waals surface area contributed by atoms with Crippen LogP contribution < -0.4 is 5.32 Å². The number of hydrogen-bond acceptors (Lipinski definition) is 3. The predicted molar refractivity (Wildman–Crippen MR) is 93.1 cm³/mol. The summed E-state index contributed by atoms with van der Waals surface area (Å²) in [6.07, 6.45) is 0.818. The Morgan fingerprint density at radius 1 is 1.04 bits per heavy atom. The van der Waals surface area contributed by atoms with E-state index in [2.05, 4.69) is 5.32 Å². The number of rotatable bonds is 4. The summed E-state index contributed by atoms with van der Waals surface area (Å²) in [6.45, 7) is 4.99. The molecule has 5 heteroatoms. The quantitative estimate of drug-likeness (QED) is 0.937. The average molecular weight is 330 g/mol. The molecule has 0 bridgehead atoms. The Bertz CT molecular complexity index is 788. The van der Waals surface area contributed by atoms with E-state index in [1.807, 2.05) is 50.2 Å². The molecule has 0 saturated carbocycles. The molecular formula is C18H22N2O2S. The van der Waals surface area contributed by atoms with Gasteiger partial charge in [0.15, 0.2) is 0 Å². The lowest BCUT2D eigenvalue weighted by atomic mass is 10.1. The fraction of sp³-hybridized carbons (Fsp3) is 0.333. The van der Waals surface area contributed by atoms with Gasteiger partial charge in [0.05, 0.1) is 4.90 Å². The summed E-state index contributed by atoms with van der Waals surface area (Å²) in [4.78, 5) is 0.390. The SMILES string of the molecule is Cc1ccc(S(=O)(=O)N2CC[C@@H](Nc3ccccc3)C2)cc1C. The van der Waals surface area contributed by atoms with E-state index >= 15 is 0 Å². The summed E-state index contributed by atoms with van der Waals surface area (Å²) in [5, 5.41) is 3.41. The second-order valence-corrected chi connectivity index (χ2v) is 8.04. The Labute approximate surface area is 138 Å². The largest absolute Gasteiger partial charge is 0.381 e. The van der Waals surface area contributed by atoms with Crippen LogP contribution >= 0.6 is 0 Å². The molecule has 1 fully saturated rings. The highest BCUT2D eigenvalue weighted by molar-refractivity contribution is 7.89. The molecule has 0 spiro atoms. The zero-order valence-corrected chi connectivity index (χ0v) is 14.3. The van der Waals surface area contributed by atoms with Gasteiger partial charge < -0.3 is 5.32 Å². The molecule has 1 saturated heterocycles. The molecular weight excluding hydrogens is 308 g/mol. The molecule has 0 unspecified atom stereocenters. The number of aryl methyl sites for hydroxylation is 2. The van der Waals surface area contributed by atoms with Crippen LogP contribution in [0.3, 0.4) is 0 Å². The van der Waals surface area contributed by atoms with Gasteiger partial charge in [-0.05, 0) is 55.7 Å². The Morgan fingerprint density at radius 3 is 2.48 bits per heavy atom. The lowest BCUT2D eigenvalue weighted by Crippen LogP contribution is -2.31. The summed E-state index contributed by atoms with van der Waals surface area (Å²) < 4.78 is 27.2. The molecule has 4 nitrogen and oxygen atoms in total. The Morgan fingerprint density at radius 2 is 1.78 bits per heavy atom. The van der Waals surface area contributed by atoms with Crippen LogP contribution in [0.25, 0.3) is 0 Å². The Kier molecular flexibility index (Phi) is 4.41. The van der Waals surface area contributed by atoms with E-state index in [1.54, 1.807) is 16.4 Å². The number of hydrogen-bond donors (Lipinski definition) is 1. The van der Waals surface area contributed by atoms with Crippen molar-refractivity contribution in [2.24, 2.45) is 0 Å². The molecule has 1 N–H and O–H groups in total. The van der Waals surface area contributed by atoms with Crippen molar-refractivity contribution in [2.45, 2.75) is 31.2 Å². The van der Waals surface area contributed by atoms with Crippen LogP contribution in [-0.4, -0.2) is 31.9 Å². The Hall–Kier alpha value is -1.85. The number of para-hydroxylation sites is 1. The fourth-order valence-electron chi connectivity index (χ4n) is 2.86. The van der Waals surface area contributed by atoms with Crippen molar-refractivity contribution in [3.63, 3.8) is 0 Å². The van der Waals surface area contributed by atoms with Gasteiger partial charge in [-0.3, -0.25) is 0 Å². The number of anilines is 1. The standard InChI is InChI=1S/C18H22N2O2S/c1-14-8-9-18(12-15(14)2)23(21,22)20-11-10-17(13-20)19-16-6-4-3-5-7-16/h3-9,12,17,19H,10-11,13H2,1-2H3/t17-/m1/s1. The highest BCUT2D eigenvalue weighted by Crippen LogP contribution is 2.24. The second-order valence-electron chi connectivity index (χ2n) is 6.11. The first-order valence-electron chi connectivity index (χ1n) is 7.86.